The van der Waals surface area contributed by atoms with E-state index in [-0.39, 0.29) is 4.90 Å². The molecule has 1 aliphatic heterocycles. The summed E-state index contributed by atoms with van der Waals surface area (Å²) in [6.45, 7) is 1.88. The largest absolute Gasteiger partial charge is 0.319 e. The van der Waals surface area contributed by atoms with E-state index in [1.165, 1.54) is 28.6 Å². The molecule has 1 aromatic rings. The van der Waals surface area contributed by atoms with Crippen LogP contribution in [-0.2, 0) is 10.0 Å². The fourth-order valence-electron chi connectivity index (χ4n) is 2.23. The summed E-state index contributed by atoms with van der Waals surface area (Å²) in [6.07, 6.45) is 0.862. The normalized spacial score (nSPS) is 21.3. The summed E-state index contributed by atoms with van der Waals surface area (Å²) < 4.78 is 38.8. The first-order chi connectivity index (χ1) is 8.54. The molecule has 4 nitrogen and oxygen atoms in total. The molecule has 18 heavy (non-hydrogen) atoms. The molecule has 0 saturated carbocycles. The molecular weight excluding hydrogens is 255 g/mol. The van der Waals surface area contributed by atoms with Crippen molar-refractivity contribution in [3.63, 3.8) is 0 Å². The molecule has 0 aliphatic carbocycles. The number of benzene rings is 1. The number of rotatable bonds is 4. The summed E-state index contributed by atoms with van der Waals surface area (Å²) in [5.41, 5.74) is 0. The Hall–Kier alpha value is -0.980. The number of nitrogens with one attached hydrogen (secondary N) is 1. The van der Waals surface area contributed by atoms with Crippen LogP contribution in [0.2, 0.25) is 0 Å². The predicted molar refractivity (Wildman–Crippen MR) is 67.2 cm³/mol. The fourth-order valence-corrected chi connectivity index (χ4v) is 3.76. The van der Waals surface area contributed by atoms with E-state index < -0.39 is 15.8 Å². The van der Waals surface area contributed by atoms with Crippen molar-refractivity contribution < 1.29 is 12.8 Å². The Kier molecular flexibility index (Phi) is 3.99. The molecule has 100 valence electrons. The van der Waals surface area contributed by atoms with Crippen LogP contribution in [0.4, 0.5) is 4.39 Å². The summed E-state index contributed by atoms with van der Waals surface area (Å²) in [4.78, 5) is 0.161. The molecule has 0 amide bonds. The third kappa shape index (κ3) is 2.71. The summed E-state index contributed by atoms with van der Waals surface area (Å²) in [7, 11) is -1.61. The van der Waals surface area contributed by atoms with Gasteiger partial charge in [0.2, 0.25) is 10.0 Å². The van der Waals surface area contributed by atoms with E-state index in [0.29, 0.717) is 19.0 Å². The van der Waals surface area contributed by atoms with Gasteiger partial charge in [-0.2, -0.15) is 4.31 Å². The number of nitrogens with zero attached hydrogens (tertiary/aromatic N) is 1. The second-order valence-electron chi connectivity index (χ2n) is 4.53. The topological polar surface area (TPSA) is 49.4 Å². The van der Waals surface area contributed by atoms with Crippen LogP contribution in [-0.4, -0.2) is 39.4 Å². The van der Waals surface area contributed by atoms with Crippen LogP contribution in [0.5, 0.6) is 0 Å². The predicted octanol–water partition coefficient (Wildman–Crippen LogP) is 1.06. The zero-order valence-corrected chi connectivity index (χ0v) is 11.1. The van der Waals surface area contributed by atoms with Gasteiger partial charge in [0.25, 0.3) is 0 Å². The minimum Gasteiger partial charge on any atom is -0.319 e. The average molecular weight is 272 g/mol. The highest BCUT2D eigenvalue weighted by molar-refractivity contribution is 7.89. The Bertz CT molecular complexity index is 501. The maximum absolute atomic E-state index is 12.8. The summed E-state index contributed by atoms with van der Waals surface area (Å²) >= 11 is 0. The number of hydrogen-bond donors (Lipinski definition) is 1. The molecular formula is C12H17FN2O2S. The maximum atomic E-state index is 12.8. The minimum atomic E-state index is -3.47. The Morgan fingerprint density at radius 1 is 1.39 bits per heavy atom. The van der Waals surface area contributed by atoms with Crippen LogP contribution in [0.1, 0.15) is 6.42 Å². The first-order valence-corrected chi connectivity index (χ1v) is 7.38. The van der Waals surface area contributed by atoms with Gasteiger partial charge < -0.3 is 5.32 Å². The lowest BCUT2D eigenvalue weighted by atomic mass is 10.1. The Balaban J connectivity index is 2.15. The van der Waals surface area contributed by atoms with Crippen LogP contribution >= 0.6 is 0 Å². The van der Waals surface area contributed by atoms with Gasteiger partial charge in [-0.05, 0) is 50.2 Å². The number of halogens is 1. The molecule has 1 heterocycles. The van der Waals surface area contributed by atoms with Crippen LogP contribution < -0.4 is 5.32 Å². The molecule has 0 bridgehead atoms. The standard InChI is InChI=1S/C12H17FN2O2S/c1-14-8-10-6-7-15(9-10)18(16,17)12-4-2-11(13)3-5-12/h2-5,10,14H,6-9H2,1H3. The van der Waals surface area contributed by atoms with Crippen molar-refractivity contribution in [2.75, 3.05) is 26.7 Å². The van der Waals surface area contributed by atoms with Crippen molar-refractivity contribution in [3.05, 3.63) is 30.1 Å². The number of sulfonamides is 1. The van der Waals surface area contributed by atoms with E-state index in [0.717, 1.165) is 13.0 Å². The molecule has 2 rings (SSSR count). The van der Waals surface area contributed by atoms with E-state index >= 15 is 0 Å². The van der Waals surface area contributed by atoms with Crippen molar-refractivity contribution in [2.24, 2.45) is 5.92 Å². The highest BCUT2D eigenvalue weighted by Gasteiger charge is 2.31. The molecule has 1 aliphatic rings. The van der Waals surface area contributed by atoms with Gasteiger partial charge in [0, 0.05) is 13.1 Å². The van der Waals surface area contributed by atoms with E-state index in [2.05, 4.69) is 5.32 Å². The summed E-state index contributed by atoms with van der Waals surface area (Å²) in [5.74, 6) is -0.0753. The van der Waals surface area contributed by atoms with Gasteiger partial charge in [0.05, 0.1) is 4.90 Å². The molecule has 1 fully saturated rings. The SMILES string of the molecule is CNCC1CCN(S(=O)(=O)c2ccc(F)cc2)C1. The average Bonchev–Trinajstić information content (AvgIpc) is 2.79. The quantitative estimate of drug-likeness (QED) is 0.891. The summed E-state index contributed by atoms with van der Waals surface area (Å²) in [6, 6.07) is 4.98. The zero-order chi connectivity index (χ0) is 13.2. The molecule has 0 radical (unpaired) electrons. The molecule has 0 spiro atoms. The Morgan fingerprint density at radius 2 is 2.06 bits per heavy atom. The Labute approximate surface area is 107 Å². The molecule has 0 aromatic heterocycles. The van der Waals surface area contributed by atoms with E-state index in [1.54, 1.807) is 0 Å². The van der Waals surface area contributed by atoms with Crippen molar-refractivity contribution in [1.82, 2.24) is 9.62 Å². The molecule has 1 N–H and O–H groups in total. The molecule has 6 heteroatoms. The van der Waals surface area contributed by atoms with Gasteiger partial charge in [-0.15, -0.1) is 0 Å². The lowest BCUT2D eigenvalue weighted by Gasteiger charge is -2.16. The molecule has 1 atom stereocenters. The van der Waals surface area contributed by atoms with Crippen molar-refractivity contribution in [2.45, 2.75) is 11.3 Å². The first-order valence-electron chi connectivity index (χ1n) is 5.94. The van der Waals surface area contributed by atoms with Crippen LogP contribution in [0, 0.1) is 11.7 Å². The van der Waals surface area contributed by atoms with Gasteiger partial charge in [-0.3, -0.25) is 0 Å². The second-order valence-corrected chi connectivity index (χ2v) is 6.47. The van der Waals surface area contributed by atoms with Crippen LogP contribution in [0.25, 0.3) is 0 Å². The van der Waals surface area contributed by atoms with Crippen LogP contribution in [0.15, 0.2) is 29.2 Å². The van der Waals surface area contributed by atoms with Gasteiger partial charge in [0.1, 0.15) is 5.82 Å². The van der Waals surface area contributed by atoms with Crippen molar-refractivity contribution >= 4 is 10.0 Å². The second kappa shape index (κ2) is 5.34. The fraction of sp³-hybridized carbons (Fsp3) is 0.500. The van der Waals surface area contributed by atoms with Gasteiger partial charge in [-0.25, -0.2) is 12.8 Å². The lowest BCUT2D eigenvalue weighted by molar-refractivity contribution is 0.451. The Morgan fingerprint density at radius 3 is 2.67 bits per heavy atom. The van der Waals surface area contributed by atoms with Gasteiger partial charge in [0.15, 0.2) is 0 Å². The highest BCUT2D eigenvalue weighted by atomic mass is 32.2. The molecule has 1 aromatic carbocycles. The minimum absolute atomic E-state index is 0.161. The summed E-state index contributed by atoms with van der Waals surface area (Å²) in [5, 5.41) is 3.06. The zero-order valence-electron chi connectivity index (χ0n) is 10.3. The molecule has 1 saturated heterocycles. The van der Waals surface area contributed by atoms with Gasteiger partial charge >= 0.3 is 0 Å². The van der Waals surface area contributed by atoms with E-state index in [1.807, 2.05) is 7.05 Å². The van der Waals surface area contributed by atoms with Crippen molar-refractivity contribution in [3.8, 4) is 0 Å². The lowest BCUT2D eigenvalue weighted by Crippen LogP contribution is -2.30. The van der Waals surface area contributed by atoms with Gasteiger partial charge in [-0.1, -0.05) is 0 Å². The van der Waals surface area contributed by atoms with Crippen LogP contribution in [0.3, 0.4) is 0 Å². The van der Waals surface area contributed by atoms with E-state index in [9.17, 15) is 12.8 Å². The first kappa shape index (κ1) is 13.5. The maximum Gasteiger partial charge on any atom is 0.243 e. The number of hydrogen-bond acceptors (Lipinski definition) is 3. The smallest absolute Gasteiger partial charge is 0.243 e. The molecule has 1 unspecified atom stereocenters. The highest BCUT2D eigenvalue weighted by Crippen LogP contribution is 2.24. The third-order valence-corrected chi connectivity index (χ3v) is 5.07. The monoisotopic (exact) mass is 272 g/mol. The third-order valence-electron chi connectivity index (χ3n) is 3.19. The van der Waals surface area contributed by atoms with Crippen molar-refractivity contribution in [1.29, 1.82) is 0 Å². The van der Waals surface area contributed by atoms with E-state index in [4.69, 9.17) is 0 Å².